The highest BCUT2D eigenvalue weighted by atomic mass is 35.5. The van der Waals surface area contributed by atoms with Crippen LogP contribution in [0.5, 0.6) is 0 Å². The van der Waals surface area contributed by atoms with Crippen LogP contribution in [0.15, 0.2) is 84.1 Å². The Kier molecular flexibility index (Phi) is 7.90. The van der Waals surface area contributed by atoms with Gasteiger partial charge in [-0.2, -0.15) is 0 Å². The predicted octanol–water partition coefficient (Wildman–Crippen LogP) is 7.33. The number of thiazole rings is 1. The third-order valence-electron chi connectivity index (χ3n) is 5.46. The summed E-state index contributed by atoms with van der Waals surface area (Å²) in [6, 6.07) is 23.4. The maximum atomic E-state index is 12.8. The molecule has 0 radical (unpaired) electrons. The van der Waals surface area contributed by atoms with Crippen LogP contribution < -0.4 is 5.32 Å². The van der Waals surface area contributed by atoms with E-state index in [1.165, 1.54) is 28.7 Å². The fraction of sp³-hybridized carbons (Fsp3) is 0.111. The van der Waals surface area contributed by atoms with E-state index in [1.807, 2.05) is 72.2 Å². The second-order valence-corrected chi connectivity index (χ2v) is 11.1. The molecule has 0 saturated carbocycles. The first kappa shape index (κ1) is 25.5. The molecule has 2 heterocycles. The van der Waals surface area contributed by atoms with Gasteiger partial charge in [0.1, 0.15) is 0 Å². The molecule has 5 rings (SSSR count). The number of nitrogens with zero attached hydrogens (tertiary/aromatic N) is 4. The van der Waals surface area contributed by atoms with Crippen LogP contribution in [0.25, 0.3) is 17.1 Å². The first-order valence-corrected chi connectivity index (χ1v) is 13.9. The van der Waals surface area contributed by atoms with Gasteiger partial charge in [-0.05, 0) is 42.8 Å². The number of halogens is 2. The number of aryl methyl sites for hydroxylation is 1. The lowest BCUT2D eigenvalue weighted by molar-refractivity contribution is -0.113. The number of aromatic nitrogens is 4. The Bertz CT molecular complexity index is 1530. The van der Waals surface area contributed by atoms with E-state index in [2.05, 4.69) is 20.5 Å². The molecular weight excluding hydrogens is 545 g/mol. The molecule has 0 atom stereocenters. The smallest absolute Gasteiger partial charge is 0.236 e. The van der Waals surface area contributed by atoms with Crippen LogP contribution >= 0.6 is 46.3 Å². The van der Waals surface area contributed by atoms with Crippen molar-refractivity contribution in [2.45, 2.75) is 18.5 Å². The molecule has 1 amide bonds. The summed E-state index contributed by atoms with van der Waals surface area (Å²) in [5.74, 6) is 0.706. The highest BCUT2D eigenvalue weighted by Crippen LogP contribution is 2.29. The van der Waals surface area contributed by atoms with Crippen LogP contribution in [-0.4, -0.2) is 31.4 Å². The highest BCUT2D eigenvalue weighted by molar-refractivity contribution is 7.99. The molecule has 37 heavy (non-hydrogen) atoms. The molecule has 1 N–H and O–H groups in total. The molecule has 186 valence electrons. The molecule has 10 heteroatoms. The number of rotatable bonds is 8. The lowest BCUT2D eigenvalue weighted by Crippen LogP contribution is -2.14. The summed E-state index contributed by atoms with van der Waals surface area (Å²) < 4.78 is 1.97. The zero-order chi connectivity index (χ0) is 25.8. The van der Waals surface area contributed by atoms with Crippen molar-refractivity contribution in [1.29, 1.82) is 0 Å². The van der Waals surface area contributed by atoms with Crippen molar-refractivity contribution in [1.82, 2.24) is 19.7 Å². The van der Waals surface area contributed by atoms with Crippen molar-refractivity contribution in [3.63, 3.8) is 0 Å². The summed E-state index contributed by atoms with van der Waals surface area (Å²) in [6.45, 7) is 2.05. The normalized spacial score (nSPS) is 11.0. The van der Waals surface area contributed by atoms with E-state index in [0.29, 0.717) is 26.8 Å². The van der Waals surface area contributed by atoms with Crippen molar-refractivity contribution in [2.75, 3.05) is 11.1 Å². The number of benzene rings is 3. The van der Waals surface area contributed by atoms with E-state index >= 15 is 0 Å². The standard InChI is InChI=1S/C27H21Cl2N5OS2/c1-17-7-9-18(10-8-17)25-32-33-27(34(25)21-5-3-2-4-6-21)36-16-24(35)31-26-30-15-22(37-26)14-19-13-20(28)11-12-23(19)29/h2-13,15H,14,16H2,1H3,(H,30,31,35). The maximum Gasteiger partial charge on any atom is 0.236 e. The molecular formula is C27H21Cl2N5OS2. The van der Waals surface area contributed by atoms with Crippen LogP contribution in [0, 0.1) is 6.92 Å². The first-order chi connectivity index (χ1) is 18.0. The van der Waals surface area contributed by atoms with Gasteiger partial charge in [-0.15, -0.1) is 21.5 Å². The minimum atomic E-state index is -0.175. The van der Waals surface area contributed by atoms with Gasteiger partial charge < -0.3 is 5.32 Å². The van der Waals surface area contributed by atoms with Gasteiger partial charge in [-0.1, -0.05) is 83.0 Å². The summed E-state index contributed by atoms with van der Waals surface area (Å²) in [4.78, 5) is 18.1. The van der Waals surface area contributed by atoms with Crippen molar-refractivity contribution in [2.24, 2.45) is 0 Å². The van der Waals surface area contributed by atoms with Crippen molar-refractivity contribution < 1.29 is 4.79 Å². The lowest BCUT2D eigenvalue weighted by Gasteiger charge is -2.10. The third-order valence-corrected chi connectivity index (χ3v) is 7.91. The van der Waals surface area contributed by atoms with Crippen LogP contribution in [0.2, 0.25) is 10.0 Å². The van der Waals surface area contributed by atoms with E-state index in [-0.39, 0.29) is 11.7 Å². The number of anilines is 1. The molecule has 2 aromatic heterocycles. The van der Waals surface area contributed by atoms with Gasteiger partial charge in [0.15, 0.2) is 16.1 Å². The molecule has 0 aliphatic carbocycles. The third kappa shape index (κ3) is 6.22. The average Bonchev–Trinajstić information content (AvgIpc) is 3.53. The fourth-order valence-electron chi connectivity index (χ4n) is 3.66. The summed E-state index contributed by atoms with van der Waals surface area (Å²) in [6.07, 6.45) is 2.33. The number of hydrogen-bond acceptors (Lipinski definition) is 6. The number of thioether (sulfide) groups is 1. The van der Waals surface area contributed by atoms with E-state index in [9.17, 15) is 4.79 Å². The SMILES string of the molecule is Cc1ccc(-c2nnc(SCC(=O)Nc3ncc(Cc4cc(Cl)ccc4Cl)s3)n2-c2ccccc2)cc1. The van der Waals surface area contributed by atoms with Gasteiger partial charge in [-0.3, -0.25) is 9.36 Å². The second-order valence-electron chi connectivity index (χ2n) is 8.22. The molecule has 3 aromatic carbocycles. The minimum Gasteiger partial charge on any atom is -0.301 e. The van der Waals surface area contributed by atoms with Gasteiger partial charge in [-0.25, -0.2) is 4.98 Å². The van der Waals surface area contributed by atoms with Gasteiger partial charge in [0, 0.05) is 38.8 Å². The molecule has 0 bridgehead atoms. The molecule has 0 aliphatic heterocycles. The highest BCUT2D eigenvalue weighted by Gasteiger charge is 2.18. The number of hydrogen-bond donors (Lipinski definition) is 1. The number of carbonyl (C=O) groups is 1. The predicted molar refractivity (Wildman–Crippen MR) is 152 cm³/mol. The van der Waals surface area contributed by atoms with E-state index in [1.54, 1.807) is 18.3 Å². The van der Waals surface area contributed by atoms with E-state index in [4.69, 9.17) is 23.2 Å². The van der Waals surface area contributed by atoms with Crippen molar-refractivity contribution in [3.8, 4) is 17.1 Å². The Morgan fingerprint density at radius 3 is 2.59 bits per heavy atom. The Balaban J connectivity index is 1.28. The molecule has 0 fully saturated rings. The number of para-hydroxylation sites is 1. The van der Waals surface area contributed by atoms with Crippen molar-refractivity contribution in [3.05, 3.63) is 105 Å². The summed E-state index contributed by atoms with van der Waals surface area (Å²) in [7, 11) is 0. The number of carbonyl (C=O) groups excluding carboxylic acids is 1. The topological polar surface area (TPSA) is 72.7 Å². The molecule has 0 aliphatic rings. The van der Waals surface area contributed by atoms with Crippen LogP contribution in [0.3, 0.4) is 0 Å². The summed E-state index contributed by atoms with van der Waals surface area (Å²) >= 11 is 15.1. The zero-order valence-electron chi connectivity index (χ0n) is 19.7. The molecule has 6 nitrogen and oxygen atoms in total. The quantitative estimate of drug-likeness (QED) is 0.199. The summed E-state index contributed by atoms with van der Waals surface area (Å²) in [5, 5.41) is 14.2. The number of nitrogens with one attached hydrogen (secondary N) is 1. The van der Waals surface area contributed by atoms with Gasteiger partial charge in [0.05, 0.1) is 5.75 Å². The molecule has 5 aromatic rings. The molecule has 0 unspecified atom stereocenters. The van der Waals surface area contributed by atoms with Crippen LogP contribution in [0.4, 0.5) is 5.13 Å². The average molecular weight is 567 g/mol. The van der Waals surface area contributed by atoms with Gasteiger partial charge in [0.25, 0.3) is 0 Å². The first-order valence-electron chi connectivity index (χ1n) is 11.4. The monoisotopic (exact) mass is 565 g/mol. The van der Waals surface area contributed by atoms with Crippen molar-refractivity contribution >= 4 is 57.3 Å². The maximum absolute atomic E-state index is 12.8. The minimum absolute atomic E-state index is 0.161. The Labute approximate surface area is 232 Å². The largest absolute Gasteiger partial charge is 0.301 e. The Morgan fingerprint density at radius 2 is 1.81 bits per heavy atom. The van der Waals surface area contributed by atoms with Gasteiger partial charge in [0.2, 0.25) is 5.91 Å². The van der Waals surface area contributed by atoms with Crippen LogP contribution in [-0.2, 0) is 11.2 Å². The van der Waals surface area contributed by atoms with Crippen LogP contribution in [0.1, 0.15) is 16.0 Å². The van der Waals surface area contributed by atoms with E-state index in [0.717, 1.165) is 27.5 Å². The number of amides is 1. The van der Waals surface area contributed by atoms with Gasteiger partial charge >= 0.3 is 0 Å². The molecule has 0 saturated heterocycles. The second kappa shape index (κ2) is 11.5. The van der Waals surface area contributed by atoms with E-state index < -0.39 is 0 Å². The lowest BCUT2D eigenvalue weighted by atomic mass is 10.1. The fourth-order valence-corrected chi connectivity index (χ4v) is 5.64. The Hall–Kier alpha value is -3.17. The molecule has 0 spiro atoms. The zero-order valence-corrected chi connectivity index (χ0v) is 22.8. The summed E-state index contributed by atoms with van der Waals surface area (Å²) in [5.41, 5.74) is 3.96. The Morgan fingerprint density at radius 1 is 1.03 bits per heavy atom.